The summed E-state index contributed by atoms with van der Waals surface area (Å²) in [5.74, 6) is 0.422. The van der Waals surface area contributed by atoms with Gasteiger partial charge in [-0.15, -0.1) is 0 Å². The van der Waals surface area contributed by atoms with Gasteiger partial charge in [0.05, 0.1) is 16.1 Å². The first-order valence-corrected chi connectivity index (χ1v) is 13.7. The summed E-state index contributed by atoms with van der Waals surface area (Å²) in [5, 5.41) is 8.37. The summed E-state index contributed by atoms with van der Waals surface area (Å²) < 4.78 is 1.85. The molecule has 7 nitrogen and oxygen atoms in total. The Morgan fingerprint density at radius 3 is 2.67 bits per heavy atom. The first-order chi connectivity index (χ1) is 17.5. The zero-order valence-corrected chi connectivity index (χ0v) is 22.1. The molecule has 5 rings (SSSR count). The van der Waals surface area contributed by atoms with Crippen LogP contribution < -0.4 is 10.6 Å². The molecule has 1 aliphatic heterocycles. The minimum atomic E-state index is -0.0957. The highest BCUT2D eigenvalue weighted by molar-refractivity contribution is 6.37. The van der Waals surface area contributed by atoms with Crippen LogP contribution in [-0.2, 0) is 0 Å². The lowest BCUT2D eigenvalue weighted by Crippen LogP contribution is -2.61. The average Bonchev–Trinajstić information content (AvgIpc) is 3.29. The average molecular weight is 509 g/mol. The van der Waals surface area contributed by atoms with Crippen LogP contribution in [-0.4, -0.2) is 62.6 Å². The van der Waals surface area contributed by atoms with E-state index in [1.807, 2.05) is 29.0 Å². The van der Waals surface area contributed by atoms with Gasteiger partial charge in [-0.05, 0) is 50.4 Å². The van der Waals surface area contributed by atoms with Gasteiger partial charge >= 0.3 is 0 Å². The first-order valence-electron chi connectivity index (χ1n) is 13.3. The highest BCUT2D eigenvalue weighted by Crippen LogP contribution is 2.36. The van der Waals surface area contributed by atoms with Gasteiger partial charge in [0.2, 0.25) is 5.95 Å². The van der Waals surface area contributed by atoms with E-state index in [-0.39, 0.29) is 11.4 Å². The third-order valence-electron chi connectivity index (χ3n) is 7.81. The minimum Gasteiger partial charge on any atom is -0.350 e. The molecular weight excluding hydrogens is 472 g/mol. The molecule has 0 unspecified atom stereocenters. The smallest absolute Gasteiger partial charge is 0.253 e. The van der Waals surface area contributed by atoms with Crippen LogP contribution in [0.4, 0.5) is 0 Å². The van der Waals surface area contributed by atoms with Crippen LogP contribution in [0.15, 0.2) is 42.9 Å². The Labute approximate surface area is 218 Å². The van der Waals surface area contributed by atoms with E-state index in [4.69, 9.17) is 11.6 Å². The first kappa shape index (κ1) is 25.2. The molecule has 3 heterocycles. The van der Waals surface area contributed by atoms with Gasteiger partial charge in [-0.1, -0.05) is 50.8 Å². The fourth-order valence-corrected chi connectivity index (χ4v) is 6.44. The van der Waals surface area contributed by atoms with Crippen molar-refractivity contribution in [3.05, 3.63) is 53.4 Å². The van der Waals surface area contributed by atoms with Crippen molar-refractivity contribution in [2.75, 3.05) is 19.6 Å². The molecule has 1 atom stereocenters. The number of nitrogens with zero attached hydrogens (tertiary/aromatic N) is 4. The SMILES string of the molecule is CC(C)N[C@H]1CCCN(C2(CNC(=O)c3cn(-c4ncccn4)c4cccc(Cl)c34)CCCCC2)C1. The quantitative estimate of drug-likeness (QED) is 0.471. The lowest BCUT2D eigenvalue weighted by atomic mass is 9.78. The van der Waals surface area contributed by atoms with Gasteiger partial charge in [0.15, 0.2) is 0 Å². The van der Waals surface area contributed by atoms with Crippen LogP contribution in [0.1, 0.15) is 69.2 Å². The van der Waals surface area contributed by atoms with E-state index in [1.54, 1.807) is 18.5 Å². The highest BCUT2D eigenvalue weighted by Gasteiger charge is 2.40. The molecule has 2 aliphatic rings. The molecular formula is C28H37ClN6O. The Bertz CT molecular complexity index is 1190. The second-order valence-corrected chi connectivity index (χ2v) is 11.1. The summed E-state index contributed by atoms with van der Waals surface area (Å²) in [6.45, 7) is 7.24. The number of hydrogen-bond acceptors (Lipinski definition) is 5. The maximum Gasteiger partial charge on any atom is 0.253 e. The number of likely N-dealkylation sites (tertiary alicyclic amines) is 1. The fourth-order valence-electron chi connectivity index (χ4n) is 6.17. The van der Waals surface area contributed by atoms with Crippen molar-refractivity contribution in [2.45, 2.75) is 76.4 Å². The number of benzene rings is 1. The van der Waals surface area contributed by atoms with E-state index in [2.05, 4.69) is 39.3 Å². The number of rotatable bonds is 7. The molecule has 0 spiro atoms. The molecule has 3 aromatic rings. The summed E-state index contributed by atoms with van der Waals surface area (Å²) in [5.41, 5.74) is 1.40. The summed E-state index contributed by atoms with van der Waals surface area (Å²) in [6.07, 6.45) is 13.6. The van der Waals surface area contributed by atoms with Gasteiger partial charge in [0, 0.05) is 54.7 Å². The number of hydrogen-bond donors (Lipinski definition) is 2. The van der Waals surface area contributed by atoms with E-state index >= 15 is 0 Å². The number of nitrogens with one attached hydrogen (secondary N) is 2. The molecule has 2 aromatic heterocycles. The zero-order chi connectivity index (χ0) is 25.1. The summed E-state index contributed by atoms with van der Waals surface area (Å²) >= 11 is 6.61. The van der Waals surface area contributed by atoms with Gasteiger partial charge < -0.3 is 10.6 Å². The number of amides is 1. The van der Waals surface area contributed by atoms with Crippen LogP contribution in [0.5, 0.6) is 0 Å². The Morgan fingerprint density at radius 1 is 1.14 bits per heavy atom. The third-order valence-corrected chi connectivity index (χ3v) is 8.13. The van der Waals surface area contributed by atoms with Crippen molar-refractivity contribution in [1.82, 2.24) is 30.1 Å². The Hall–Kier alpha value is -2.48. The van der Waals surface area contributed by atoms with Crippen molar-refractivity contribution in [3.63, 3.8) is 0 Å². The van der Waals surface area contributed by atoms with Gasteiger partial charge in [0.1, 0.15) is 0 Å². The van der Waals surface area contributed by atoms with Crippen LogP contribution in [0.3, 0.4) is 0 Å². The highest BCUT2D eigenvalue weighted by atomic mass is 35.5. The van der Waals surface area contributed by atoms with Crippen molar-refractivity contribution in [1.29, 1.82) is 0 Å². The maximum atomic E-state index is 13.7. The van der Waals surface area contributed by atoms with E-state index in [9.17, 15) is 4.79 Å². The van der Waals surface area contributed by atoms with E-state index in [1.165, 1.54) is 32.1 Å². The van der Waals surface area contributed by atoms with Gasteiger partial charge in [-0.2, -0.15) is 0 Å². The topological polar surface area (TPSA) is 75.1 Å². The monoisotopic (exact) mass is 508 g/mol. The largest absolute Gasteiger partial charge is 0.350 e. The summed E-state index contributed by atoms with van der Waals surface area (Å²) in [7, 11) is 0. The number of piperidine rings is 1. The molecule has 8 heteroatoms. The molecule has 0 bridgehead atoms. The van der Waals surface area contributed by atoms with Gasteiger partial charge in [-0.3, -0.25) is 14.3 Å². The van der Waals surface area contributed by atoms with Crippen LogP contribution in [0.25, 0.3) is 16.9 Å². The molecule has 36 heavy (non-hydrogen) atoms. The predicted octanol–water partition coefficient (Wildman–Crippen LogP) is 4.97. The molecule has 1 aromatic carbocycles. The third kappa shape index (κ3) is 5.15. The normalized spacial score (nSPS) is 20.6. The number of aromatic nitrogens is 3. The molecule has 192 valence electrons. The Balaban J connectivity index is 1.40. The number of fused-ring (bicyclic) bond motifs is 1. The van der Waals surface area contributed by atoms with E-state index in [0.717, 1.165) is 36.8 Å². The van der Waals surface area contributed by atoms with E-state index in [0.29, 0.717) is 35.2 Å². The van der Waals surface area contributed by atoms with Crippen molar-refractivity contribution in [3.8, 4) is 5.95 Å². The lowest BCUT2D eigenvalue weighted by Gasteiger charge is -2.50. The number of carbonyl (C=O) groups excluding carboxylic acids is 1. The van der Waals surface area contributed by atoms with Crippen molar-refractivity contribution < 1.29 is 4.79 Å². The summed E-state index contributed by atoms with van der Waals surface area (Å²) in [6, 6.07) is 8.44. The van der Waals surface area contributed by atoms with E-state index < -0.39 is 0 Å². The fraction of sp³-hybridized carbons (Fsp3) is 0.536. The van der Waals surface area contributed by atoms with Crippen molar-refractivity contribution >= 4 is 28.4 Å². The molecule has 1 saturated heterocycles. The zero-order valence-electron chi connectivity index (χ0n) is 21.3. The summed E-state index contributed by atoms with van der Waals surface area (Å²) in [4.78, 5) is 25.1. The molecule has 2 N–H and O–H groups in total. The second kappa shape index (κ2) is 10.9. The Kier molecular flexibility index (Phi) is 7.60. The second-order valence-electron chi connectivity index (χ2n) is 10.7. The standard InChI is InChI=1S/C28H37ClN6O/c1-20(2)33-21-9-7-16-34(17-21)28(12-4-3-5-13-28)19-32-26(36)22-18-35(27-30-14-8-15-31-27)24-11-6-10-23(29)25(22)24/h6,8,10-11,14-15,18,20-21,33H,3-5,7,9,12-13,16-17,19H2,1-2H3,(H,32,36)/t21-/m0/s1. The molecule has 0 radical (unpaired) electrons. The Morgan fingerprint density at radius 2 is 1.92 bits per heavy atom. The number of carbonyl (C=O) groups is 1. The predicted molar refractivity (Wildman–Crippen MR) is 145 cm³/mol. The molecule has 1 aliphatic carbocycles. The maximum absolute atomic E-state index is 13.7. The van der Waals surface area contributed by atoms with Gasteiger partial charge in [0.25, 0.3) is 5.91 Å². The van der Waals surface area contributed by atoms with Crippen molar-refractivity contribution in [2.24, 2.45) is 0 Å². The molecule has 2 fully saturated rings. The molecule has 1 saturated carbocycles. The van der Waals surface area contributed by atoms with Crippen LogP contribution in [0, 0.1) is 0 Å². The lowest BCUT2D eigenvalue weighted by molar-refractivity contribution is 0.0211. The number of halogens is 1. The minimum absolute atomic E-state index is 0.00987. The van der Waals surface area contributed by atoms with Gasteiger partial charge in [-0.25, -0.2) is 9.97 Å². The van der Waals surface area contributed by atoms with Crippen LogP contribution in [0.2, 0.25) is 5.02 Å². The van der Waals surface area contributed by atoms with Crippen LogP contribution >= 0.6 is 11.6 Å². The molecule has 1 amide bonds.